The first-order valence-electron chi connectivity index (χ1n) is 2.27. The van der Waals surface area contributed by atoms with Crippen molar-refractivity contribution in [2.75, 3.05) is 7.05 Å². The summed E-state index contributed by atoms with van der Waals surface area (Å²) in [4.78, 5) is 3.41. The molecule has 0 aromatic carbocycles. The Balaban J connectivity index is 3.72. The fourth-order valence-electron chi connectivity index (χ4n) is 0.297. The molecule has 0 amide bonds. The Labute approximate surface area is 49.0 Å². The van der Waals surface area contributed by atoms with Crippen LogP contribution >= 0.6 is 0 Å². The van der Waals surface area contributed by atoms with Crippen molar-refractivity contribution in [3.8, 4) is 6.19 Å². The lowest BCUT2D eigenvalue weighted by Gasteiger charge is -1.94. The van der Waals surface area contributed by atoms with E-state index in [1.54, 1.807) is 13.2 Å². The third-order valence-electron chi connectivity index (χ3n) is 0.710. The molecule has 0 aliphatic rings. The summed E-state index contributed by atoms with van der Waals surface area (Å²) in [7, 11) is 1.71. The largest absolute Gasteiger partial charge is 0.376 e. The van der Waals surface area contributed by atoms with Crippen LogP contribution in [-0.4, -0.2) is 12.9 Å². The van der Waals surface area contributed by atoms with Gasteiger partial charge in [-0.05, 0) is 6.92 Å². The topological polar surface area (TPSA) is 48.2 Å². The first kappa shape index (κ1) is 6.96. The maximum Gasteiger partial charge on any atom is 0.207 e. The molecule has 8 heavy (non-hydrogen) atoms. The van der Waals surface area contributed by atoms with E-state index in [1.807, 2.05) is 0 Å². The van der Waals surface area contributed by atoms with Crippen molar-refractivity contribution in [1.29, 1.82) is 5.26 Å². The lowest BCUT2D eigenvalue weighted by Crippen LogP contribution is -2.16. The quantitative estimate of drug-likeness (QED) is 0.300. The Morgan fingerprint density at radius 2 is 2.62 bits per heavy atom. The number of nitrogens with zero attached hydrogens (tertiary/aromatic N) is 2. The fourth-order valence-corrected chi connectivity index (χ4v) is 0.297. The molecular formula is C5H8N3. The van der Waals surface area contributed by atoms with Gasteiger partial charge in [-0.2, -0.15) is 10.3 Å². The van der Waals surface area contributed by atoms with Crippen LogP contribution in [0.1, 0.15) is 6.42 Å². The summed E-state index contributed by atoms with van der Waals surface area (Å²) in [5.41, 5.74) is 0. The Morgan fingerprint density at radius 1 is 2.00 bits per heavy atom. The summed E-state index contributed by atoms with van der Waals surface area (Å²) < 4.78 is 0. The summed E-state index contributed by atoms with van der Waals surface area (Å²) in [6.07, 6.45) is 2.19. The summed E-state index contributed by atoms with van der Waals surface area (Å²) in [5.74, 6) is 0.618. The molecule has 0 aromatic rings. The smallest absolute Gasteiger partial charge is 0.207 e. The third kappa shape index (κ3) is 2.19. The molecule has 0 aliphatic heterocycles. The Bertz CT molecular complexity index is 114. The van der Waals surface area contributed by atoms with Crippen LogP contribution < -0.4 is 5.32 Å². The molecule has 43 valence electrons. The van der Waals surface area contributed by atoms with Gasteiger partial charge >= 0.3 is 0 Å². The summed E-state index contributed by atoms with van der Waals surface area (Å²) in [6.45, 7) is 3.53. The predicted octanol–water partition coefficient (Wildman–Crippen LogP) is 0.310. The van der Waals surface area contributed by atoms with E-state index in [2.05, 4.69) is 17.2 Å². The zero-order valence-electron chi connectivity index (χ0n) is 4.81. The van der Waals surface area contributed by atoms with Crippen LogP contribution in [-0.2, 0) is 0 Å². The van der Waals surface area contributed by atoms with Crippen LogP contribution in [0.5, 0.6) is 0 Å². The molecule has 0 unspecified atom stereocenters. The van der Waals surface area contributed by atoms with E-state index in [0.29, 0.717) is 12.3 Å². The van der Waals surface area contributed by atoms with E-state index in [-0.39, 0.29) is 0 Å². The van der Waals surface area contributed by atoms with Crippen LogP contribution in [0.15, 0.2) is 4.99 Å². The molecule has 0 atom stereocenters. The minimum absolute atomic E-state index is 0.532. The van der Waals surface area contributed by atoms with Crippen LogP contribution in [0.25, 0.3) is 0 Å². The van der Waals surface area contributed by atoms with Crippen molar-refractivity contribution in [3.05, 3.63) is 6.92 Å². The molecule has 0 saturated heterocycles. The van der Waals surface area contributed by atoms with E-state index in [1.165, 1.54) is 0 Å². The van der Waals surface area contributed by atoms with Gasteiger partial charge in [0.1, 0.15) is 5.84 Å². The van der Waals surface area contributed by atoms with Gasteiger partial charge in [-0.15, -0.1) is 0 Å². The predicted molar refractivity (Wildman–Crippen MR) is 32.1 cm³/mol. The van der Waals surface area contributed by atoms with Gasteiger partial charge in [0.05, 0.1) is 0 Å². The molecule has 1 radical (unpaired) electrons. The second-order valence-electron chi connectivity index (χ2n) is 1.16. The number of amidine groups is 1. The molecule has 1 N–H and O–H groups in total. The third-order valence-corrected chi connectivity index (χ3v) is 0.710. The standard InChI is InChI=1S/C5H8N3/c1-3-5(7-2)8-4-6/h1,3H2,2H3,(H,7,8). The lowest BCUT2D eigenvalue weighted by atomic mass is 10.4. The minimum atomic E-state index is 0.532. The molecule has 0 fully saturated rings. The molecule has 0 bridgehead atoms. The monoisotopic (exact) mass is 110 g/mol. The molecule has 0 heterocycles. The molecular weight excluding hydrogens is 102 g/mol. The second kappa shape index (κ2) is 4.13. The SMILES string of the molecule is [CH2]CC(=NC#N)NC. The average molecular weight is 110 g/mol. The van der Waals surface area contributed by atoms with E-state index < -0.39 is 0 Å². The van der Waals surface area contributed by atoms with Gasteiger partial charge in [-0.1, -0.05) is 0 Å². The Hall–Kier alpha value is -1.04. The maximum absolute atomic E-state index is 7.99. The van der Waals surface area contributed by atoms with Crippen molar-refractivity contribution >= 4 is 5.84 Å². The maximum atomic E-state index is 7.99. The van der Waals surface area contributed by atoms with Gasteiger partial charge in [0, 0.05) is 13.5 Å². The Morgan fingerprint density at radius 3 is 2.75 bits per heavy atom. The molecule has 0 rings (SSSR count). The van der Waals surface area contributed by atoms with Crippen LogP contribution in [0.4, 0.5) is 0 Å². The van der Waals surface area contributed by atoms with Crippen LogP contribution in [0.2, 0.25) is 0 Å². The van der Waals surface area contributed by atoms with Gasteiger partial charge in [0.2, 0.25) is 6.19 Å². The summed E-state index contributed by atoms with van der Waals surface area (Å²) in [5, 5.41) is 10.7. The normalized spacial score (nSPS) is 10.4. The van der Waals surface area contributed by atoms with Crippen molar-refractivity contribution in [3.63, 3.8) is 0 Å². The van der Waals surface area contributed by atoms with Crippen LogP contribution in [0.3, 0.4) is 0 Å². The highest BCUT2D eigenvalue weighted by atomic mass is 15.0. The number of hydrogen-bond donors (Lipinski definition) is 1. The van der Waals surface area contributed by atoms with Gasteiger partial charge in [-0.3, -0.25) is 0 Å². The molecule has 0 spiro atoms. The van der Waals surface area contributed by atoms with E-state index in [9.17, 15) is 0 Å². The summed E-state index contributed by atoms with van der Waals surface area (Å²) in [6, 6.07) is 0. The van der Waals surface area contributed by atoms with E-state index in [0.717, 1.165) is 0 Å². The van der Waals surface area contributed by atoms with Gasteiger partial charge in [0.15, 0.2) is 0 Å². The zero-order chi connectivity index (χ0) is 6.41. The second-order valence-corrected chi connectivity index (χ2v) is 1.16. The van der Waals surface area contributed by atoms with E-state index >= 15 is 0 Å². The molecule has 3 heteroatoms. The van der Waals surface area contributed by atoms with Gasteiger partial charge in [-0.25, -0.2) is 0 Å². The number of aliphatic imine (C=N–C) groups is 1. The zero-order valence-corrected chi connectivity index (χ0v) is 4.81. The van der Waals surface area contributed by atoms with Gasteiger partial charge in [0.25, 0.3) is 0 Å². The first-order chi connectivity index (χ1) is 3.85. The first-order valence-corrected chi connectivity index (χ1v) is 2.27. The highest BCUT2D eigenvalue weighted by Crippen LogP contribution is 1.76. The number of nitrogens with one attached hydrogen (secondary N) is 1. The van der Waals surface area contributed by atoms with Crippen molar-refractivity contribution in [2.24, 2.45) is 4.99 Å². The van der Waals surface area contributed by atoms with Crippen molar-refractivity contribution < 1.29 is 0 Å². The number of nitriles is 1. The fraction of sp³-hybridized carbons (Fsp3) is 0.400. The average Bonchev–Trinajstić information content (AvgIpc) is 1.83. The molecule has 3 nitrogen and oxygen atoms in total. The molecule has 0 aromatic heterocycles. The van der Waals surface area contributed by atoms with Crippen molar-refractivity contribution in [1.82, 2.24) is 5.32 Å². The number of rotatable bonds is 1. The van der Waals surface area contributed by atoms with Gasteiger partial charge < -0.3 is 5.32 Å². The Kier molecular flexibility index (Phi) is 3.59. The minimum Gasteiger partial charge on any atom is -0.376 e. The lowest BCUT2D eigenvalue weighted by molar-refractivity contribution is 1.11. The summed E-state index contributed by atoms with van der Waals surface area (Å²) >= 11 is 0. The molecule has 0 aliphatic carbocycles. The van der Waals surface area contributed by atoms with Crippen molar-refractivity contribution in [2.45, 2.75) is 6.42 Å². The van der Waals surface area contributed by atoms with Crippen LogP contribution in [0, 0.1) is 18.4 Å². The highest BCUT2D eigenvalue weighted by Gasteiger charge is 1.85. The molecule has 0 saturated carbocycles. The van der Waals surface area contributed by atoms with E-state index in [4.69, 9.17) is 5.26 Å². The number of hydrogen-bond acceptors (Lipinski definition) is 2. The highest BCUT2D eigenvalue weighted by molar-refractivity contribution is 5.83.